The molecule has 27 heavy (non-hydrogen) atoms. The molecule has 0 saturated carbocycles. The number of rotatable bonds is 12. The number of benzene rings is 1. The van der Waals surface area contributed by atoms with Crippen molar-refractivity contribution in [1.29, 1.82) is 0 Å². The van der Waals surface area contributed by atoms with Crippen molar-refractivity contribution in [3.8, 4) is 0 Å². The van der Waals surface area contributed by atoms with E-state index in [0.717, 1.165) is 25.7 Å². The van der Waals surface area contributed by atoms with Crippen LogP contribution >= 0.6 is 0 Å². The van der Waals surface area contributed by atoms with Crippen LogP contribution in [0.5, 0.6) is 0 Å². The molecular weight excluding hydrogens is 342 g/mol. The third-order valence-corrected chi connectivity index (χ3v) is 4.48. The lowest BCUT2D eigenvalue weighted by Crippen LogP contribution is -2.38. The highest BCUT2D eigenvalue weighted by molar-refractivity contribution is 6.65. The zero-order chi connectivity index (χ0) is 20.2. The van der Waals surface area contributed by atoms with Crippen LogP contribution in [0, 0.1) is 5.92 Å². The molecule has 6 nitrogen and oxygen atoms in total. The Morgan fingerprint density at radius 1 is 1.11 bits per heavy atom. The maximum atomic E-state index is 12.4. The maximum absolute atomic E-state index is 12.4. The second kappa shape index (κ2) is 12.0. The standard InChI is InChI=1S/C21H31N3O3/c1-5-8-11-16(6-2)14-22-21(27)20(15(4)25)24-23-18-13-10-9-12-17(18)19(26)7-3/h9-10,12-13,16,23H,5-8,11,14H2,1-4H3,(H,22,27)/b24-20-. The van der Waals surface area contributed by atoms with Gasteiger partial charge in [0.25, 0.3) is 5.91 Å². The Labute approximate surface area is 161 Å². The quantitative estimate of drug-likeness (QED) is 0.251. The number of ketones is 2. The van der Waals surface area contributed by atoms with Crippen LogP contribution in [0.15, 0.2) is 29.4 Å². The van der Waals surface area contributed by atoms with Crippen LogP contribution in [-0.2, 0) is 9.59 Å². The number of amides is 1. The second-order valence-electron chi connectivity index (χ2n) is 6.58. The molecule has 0 aliphatic heterocycles. The van der Waals surface area contributed by atoms with Crippen molar-refractivity contribution in [1.82, 2.24) is 5.32 Å². The van der Waals surface area contributed by atoms with Crippen LogP contribution in [0.1, 0.15) is 70.2 Å². The zero-order valence-corrected chi connectivity index (χ0v) is 16.8. The Kier molecular flexibility index (Phi) is 10.0. The van der Waals surface area contributed by atoms with Crippen LogP contribution in [0.4, 0.5) is 5.69 Å². The molecule has 0 fully saturated rings. The Bertz CT molecular complexity index is 683. The van der Waals surface area contributed by atoms with Crippen molar-refractivity contribution in [3.63, 3.8) is 0 Å². The number of para-hydroxylation sites is 1. The van der Waals surface area contributed by atoms with Crippen molar-refractivity contribution >= 4 is 28.9 Å². The first-order chi connectivity index (χ1) is 12.9. The average molecular weight is 373 g/mol. The Morgan fingerprint density at radius 3 is 2.41 bits per heavy atom. The largest absolute Gasteiger partial charge is 0.350 e. The second-order valence-corrected chi connectivity index (χ2v) is 6.58. The fourth-order valence-corrected chi connectivity index (χ4v) is 2.68. The lowest BCUT2D eigenvalue weighted by atomic mass is 9.99. The fourth-order valence-electron chi connectivity index (χ4n) is 2.68. The number of Topliss-reactive ketones (excluding diaryl/α,β-unsaturated/α-hetero) is 2. The monoisotopic (exact) mass is 373 g/mol. The summed E-state index contributed by atoms with van der Waals surface area (Å²) in [6.45, 7) is 7.83. The van der Waals surface area contributed by atoms with Crippen molar-refractivity contribution in [2.75, 3.05) is 12.0 Å². The fraction of sp³-hybridized carbons (Fsp3) is 0.524. The number of hydrazone groups is 1. The van der Waals surface area contributed by atoms with Gasteiger partial charge in [-0.15, -0.1) is 0 Å². The van der Waals surface area contributed by atoms with E-state index >= 15 is 0 Å². The molecule has 148 valence electrons. The molecule has 1 unspecified atom stereocenters. The van der Waals surface area contributed by atoms with Crippen LogP contribution in [0.3, 0.4) is 0 Å². The highest BCUT2D eigenvalue weighted by Crippen LogP contribution is 2.17. The van der Waals surface area contributed by atoms with Gasteiger partial charge in [-0.1, -0.05) is 52.2 Å². The Hall–Kier alpha value is -2.50. The van der Waals surface area contributed by atoms with Gasteiger partial charge in [0.2, 0.25) is 0 Å². The molecule has 1 aromatic carbocycles. The minimum Gasteiger partial charge on any atom is -0.350 e. The molecule has 0 radical (unpaired) electrons. The number of nitrogens with one attached hydrogen (secondary N) is 2. The molecule has 0 heterocycles. The van der Waals surface area contributed by atoms with Crippen LogP contribution in [-0.4, -0.2) is 29.7 Å². The molecule has 0 spiro atoms. The van der Waals surface area contributed by atoms with E-state index in [-0.39, 0.29) is 11.5 Å². The van der Waals surface area contributed by atoms with E-state index in [2.05, 4.69) is 29.7 Å². The predicted molar refractivity (Wildman–Crippen MR) is 109 cm³/mol. The SMILES string of the molecule is CCCCC(CC)CNC(=O)/C(=N\Nc1ccccc1C(=O)CC)C(C)=O. The summed E-state index contributed by atoms with van der Waals surface area (Å²) < 4.78 is 0. The molecule has 0 aliphatic carbocycles. The average Bonchev–Trinajstić information content (AvgIpc) is 2.67. The minimum absolute atomic E-state index is 0.0381. The Morgan fingerprint density at radius 2 is 1.81 bits per heavy atom. The lowest BCUT2D eigenvalue weighted by molar-refractivity contribution is -0.117. The molecule has 1 rings (SSSR count). The van der Waals surface area contributed by atoms with Gasteiger partial charge >= 0.3 is 0 Å². The first kappa shape index (κ1) is 22.5. The Balaban J connectivity index is 2.85. The molecule has 1 aromatic rings. The van der Waals surface area contributed by atoms with Gasteiger partial charge in [0, 0.05) is 25.5 Å². The van der Waals surface area contributed by atoms with Crippen molar-refractivity contribution < 1.29 is 14.4 Å². The predicted octanol–water partition coefficient (Wildman–Crippen LogP) is 3.97. The summed E-state index contributed by atoms with van der Waals surface area (Å²) in [6.07, 6.45) is 4.61. The van der Waals surface area contributed by atoms with E-state index in [1.807, 2.05) is 0 Å². The van der Waals surface area contributed by atoms with Gasteiger partial charge in [-0.05, 0) is 24.5 Å². The number of carbonyl (C=O) groups is 3. The summed E-state index contributed by atoms with van der Waals surface area (Å²) in [6, 6.07) is 6.91. The van der Waals surface area contributed by atoms with Crippen LogP contribution in [0.25, 0.3) is 0 Å². The van der Waals surface area contributed by atoms with E-state index in [4.69, 9.17) is 0 Å². The number of anilines is 1. The molecule has 1 amide bonds. The topological polar surface area (TPSA) is 87.6 Å². The van der Waals surface area contributed by atoms with Gasteiger partial charge in [-0.3, -0.25) is 19.8 Å². The minimum atomic E-state index is -0.496. The third-order valence-electron chi connectivity index (χ3n) is 4.48. The zero-order valence-electron chi connectivity index (χ0n) is 16.8. The molecular formula is C21H31N3O3. The smallest absolute Gasteiger partial charge is 0.275 e. The van der Waals surface area contributed by atoms with Gasteiger partial charge in [0.1, 0.15) is 0 Å². The van der Waals surface area contributed by atoms with Crippen molar-refractivity contribution in [2.24, 2.45) is 11.0 Å². The normalized spacial score (nSPS) is 12.4. The molecule has 2 N–H and O–H groups in total. The summed E-state index contributed by atoms with van der Waals surface area (Å²) in [5.41, 5.74) is 3.48. The maximum Gasteiger partial charge on any atom is 0.275 e. The van der Waals surface area contributed by atoms with E-state index in [9.17, 15) is 14.4 Å². The molecule has 0 saturated heterocycles. The third kappa shape index (κ3) is 7.33. The van der Waals surface area contributed by atoms with Gasteiger partial charge in [-0.25, -0.2) is 0 Å². The first-order valence-electron chi connectivity index (χ1n) is 9.69. The molecule has 0 bridgehead atoms. The molecule has 0 aromatic heterocycles. The molecule has 0 aliphatic rings. The number of nitrogens with zero attached hydrogens (tertiary/aromatic N) is 1. The van der Waals surface area contributed by atoms with E-state index in [1.165, 1.54) is 6.92 Å². The summed E-state index contributed by atoms with van der Waals surface area (Å²) in [5.74, 6) is -0.577. The van der Waals surface area contributed by atoms with Crippen LogP contribution in [0.2, 0.25) is 0 Å². The van der Waals surface area contributed by atoms with Crippen LogP contribution < -0.4 is 10.7 Å². The highest BCUT2D eigenvalue weighted by Gasteiger charge is 2.18. The number of hydrogen-bond donors (Lipinski definition) is 2. The number of hydrogen-bond acceptors (Lipinski definition) is 5. The summed E-state index contributed by atoms with van der Waals surface area (Å²) in [7, 11) is 0. The van der Waals surface area contributed by atoms with Gasteiger partial charge < -0.3 is 5.32 Å². The molecule has 1 atom stereocenters. The lowest BCUT2D eigenvalue weighted by Gasteiger charge is -2.15. The molecule has 6 heteroatoms. The van der Waals surface area contributed by atoms with E-state index < -0.39 is 11.7 Å². The van der Waals surface area contributed by atoms with Gasteiger partial charge in [0.05, 0.1) is 5.69 Å². The van der Waals surface area contributed by atoms with Crippen molar-refractivity contribution in [2.45, 2.75) is 59.8 Å². The van der Waals surface area contributed by atoms with Crippen molar-refractivity contribution in [3.05, 3.63) is 29.8 Å². The van der Waals surface area contributed by atoms with E-state index in [1.54, 1.807) is 31.2 Å². The summed E-state index contributed by atoms with van der Waals surface area (Å²) in [4.78, 5) is 36.3. The number of unbranched alkanes of at least 4 members (excludes halogenated alkanes) is 1. The van der Waals surface area contributed by atoms with E-state index in [0.29, 0.717) is 30.1 Å². The summed E-state index contributed by atoms with van der Waals surface area (Å²) in [5, 5.41) is 6.80. The first-order valence-corrected chi connectivity index (χ1v) is 9.69. The van der Waals surface area contributed by atoms with Gasteiger partial charge in [-0.2, -0.15) is 5.10 Å². The number of carbonyl (C=O) groups excluding carboxylic acids is 3. The summed E-state index contributed by atoms with van der Waals surface area (Å²) >= 11 is 0. The van der Waals surface area contributed by atoms with Gasteiger partial charge in [0.15, 0.2) is 17.3 Å². The highest BCUT2D eigenvalue weighted by atomic mass is 16.2.